The predicted molar refractivity (Wildman–Crippen MR) is 75.1 cm³/mol. The minimum Gasteiger partial charge on any atom is -0.481 e. The molecule has 0 heterocycles. The Morgan fingerprint density at radius 3 is 2.58 bits per heavy atom. The van der Waals surface area contributed by atoms with E-state index in [1.165, 1.54) is 0 Å². The summed E-state index contributed by atoms with van der Waals surface area (Å²) in [6, 6.07) is 7.33. The maximum atomic E-state index is 12.0. The summed E-state index contributed by atoms with van der Waals surface area (Å²) in [7, 11) is 0. The van der Waals surface area contributed by atoms with E-state index in [-0.39, 0.29) is 12.3 Å². The van der Waals surface area contributed by atoms with Crippen LogP contribution in [0.4, 0.5) is 5.69 Å². The molecule has 0 saturated heterocycles. The van der Waals surface area contributed by atoms with Crippen LogP contribution in [0, 0.1) is 5.41 Å². The normalized spacial score (nSPS) is 11.1. The van der Waals surface area contributed by atoms with Gasteiger partial charge in [0.15, 0.2) is 0 Å². The number of carboxylic acids is 1. The Morgan fingerprint density at radius 1 is 1.32 bits per heavy atom. The number of anilines is 1. The molecule has 1 amide bonds. The Labute approximate surface area is 113 Å². The molecule has 0 unspecified atom stereocenters. The first kappa shape index (κ1) is 15.2. The molecule has 0 spiro atoms. The summed E-state index contributed by atoms with van der Waals surface area (Å²) < 4.78 is 0. The highest BCUT2D eigenvalue weighted by Crippen LogP contribution is 2.22. The lowest BCUT2D eigenvalue weighted by Crippen LogP contribution is -2.29. The van der Waals surface area contributed by atoms with Gasteiger partial charge in [0.1, 0.15) is 0 Å². The first-order valence-corrected chi connectivity index (χ1v) is 6.47. The molecule has 0 atom stereocenters. The molecule has 4 nitrogen and oxygen atoms in total. The topological polar surface area (TPSA) is 66.4 Å². The van der Waals surface area contributed by atoms with Crippen LogP contribution in [0.2, 0.25) is 0 Å². The molecule has 4 heteroatoms. The maximum absolute atomic E-state index is 12.0. The third kappa shape index (κ3) is 4.73. The summed E-state index contributed by atoms with van der Waals surface area (Å²) in [5.74, 6) is -0.841. The zero-order valence-corrected chi connectivity index (χ0v) is 11.7. The SMILES string of the molecule is CCC(C)(C)C(=O)Nc1cccc(CCC(=O)O)c1. The van der Waals surface area contributed by atoms with Crippen LogP contribution < -0.4 is 5.32 Å². The number of benzene rings is 1. The third-order valence-corrected chi connectivity index (χ3v) is 3.31. The van der Waals surface area contributed by atoms with Crippen LogP contribution in [0.5, 0.6) is 0 Å². The Balaban J connectivity index is 2.72. The summed E-state index contributed by atoms with van der Waals surface area (Å²) in [6.07, 6.45) is 1.33. The average Bonchev–Trinajstić information content (AvgIpc) is 2.36. The second-order valence-electron chi connectivity index (χ2n) is 5.29. The van der Waals surface area contributed by atoms with Crippen LogP contribution in [-0.4, -0.2) is 17.0 Å². The molecule has 1 aromatic rings. The van der Waals surface area contributed by atoms with Crippen LogP contribution >= 0.6 is 0 Å². The van der Waals surface area contributed by atoms with E-state index >= 15 is 0 Å². The van der Waals surface area contributed by atoms with Crippen molar-refractivity contribution in [2.24, 2.45) is 5.41 Å². The smallest absolute Gasteiger partial charge is 0.303 e. The molecule has 0 aromatic heterocycles. The van der Waals surface area contributed by atoms with Crippen molar-refractivity contribution in [3.63, 3.8) is 0 Å². The Kier molecular flexibility index (Phi) is 5.10. The number of carboxylic acid groups (broad SMARTS) is 1. The zero-order valence-electron chi connectivity index (χ0n) is 11.7. The van der Waals surface area contributed by atoms with Crippen LogP contribution in [0.25, 0.3) is 0 Å². The molecule has 0 radical (unpaired) electrons. The van der Waals surface area contributed by atoms with Crippen molar-refractivity contribution in [3.05, 3.63) is 29.8 Å². The van der Waals surface area contributed by atoms with Crippen LogP contribution in [0.15, 0.2) is 24.3 Å². The summed E-state index contributed by atoms with van der Waals surface area (Å²) in [5, 5.41) is 11.5. The van der Waals surface area contributed by atoms with Gasteiger partial charge in [-0.2, -0.15) is 0 Å². The number of nitrogens with one attached hydrogen (secondary N) is 1. The molecule has 0 saturated carbocycles. The number of carbonyl (C=O) groups excluding carboxylic acids is 1. The van der Waals surface area contributed by atoms with Gasteiger partial charge in [-0.15, -0.1) is 0 Å². The lowest BCUT2D eigenvalue weighted by atomic mass is 9.89. The van der Waals surface area contributed by atoms with Gasteiger partial charge in [-0.1, -0.05) is 32.9 Å². The lowest BCUT2D eigenvalue weighted by molar-refractivity contribution is -0.137. The van der Waals surface area contributed by atoms with E-state index in [9.17, 15) is 9.59 Å². The van der Waals surface area contributed by atoms with E-state index in [1.807, 2.05) is 45.0 Å². The van der Waals surface area contributed by atoms with Gasteiger partial charge in [-0.3, -0.25) is 9.59 Å². The van der Waals surface area contributed by atoms with Crippen molar-refractivity contribution in [2.75, 3.05) is 5.32 Å². The Morgan fingerprint density at radius 2 is 2.00 bits per heavy atom. The molecule has 1 rings (SSSR count). The van der Waals surface area contributed by atoms with Crippen LogP contribution in [0.1, 0.15) is 39.2 Å². The van der Waals surface area contributed by atoms with Gasteiger partial charge < -0.3 is 10.4 Å². The number of aryl methyl sites for hydroxylation is 1. The second kappa shape index (κ2) is 6.36. The van der Waals surface area contributed by atoms with Crippen molar-refractivity contribution < 1.29 is 14.7 Å². The van der Waals surface area contributed by atoms with Crippen molar-refractivity contribution in [1.82, 2.24) is 0 Å². The fourth-order valence-electron chi connectivity index (χ4n) is 1.52. The van der Waals surface area contributed by atoms with Gasteiger partial charge >= 0.3 is 5.97 Å². The molecule has 19 heavy (non-hydrogen) atoms. The quantitative estimate of drug-likeness (QED) is 0.828. The van der Waals surface area contributed by atoms with Crippen molar-refractivity contribution in [1.29, 1.82) is 0 Å². The van der Waals surface area contributed by atoms with Crippen molar-refractivity contribution >= 4 is 17.6 Å². The summed E-state index contributed by atoms with van der Waals surface area (Å²) in [4.78, 5) is 22.6. The number of rotatable bonds is 6. The predicted octanol–water partition coefficient (Wildman–Crippen LogP) is 3.08. The molecule has 0 aliphatic heterocycles. The number of hydrogen-bond acceptors (Lipinski definition) is 2. The second-order valence-corrected chi connectivity index (χ2v) is 5.29. The van der Waals surface area contributed by atoms with Crippen LogP contribution in [0.3, 0.4) is 0 Å². The number of carbonyl (C=O) groups is 2. The molecule has 0 aliphatic carbocycles. The Hall–Kier alpha value is -1.84. The Bertz CT molecular complexity index is 466. The zero-order chi connectivity index (χ0) is 14.5. The largest absolute Gasteiger partial charge is 0.481 e. The number of amides is 1. The van der Waals surface area contributed by atoms with Gasteiger partial charge in [-0.25, -0.2) is 0 Å². The first-order valence-electron chi connectivity index (χ1n) is 6.47. The van der Waals surface area contributed by atoms with Crippen LogP contribution in [-0.2, 0) is 16.0 Å². The molecule has 0 bridgehead atoms. The maximum Gasteiger partial charge on any atom is 0.303 e. The van der Waals surface area contributed by atoms with Gasteiger partial charge in [0.05, 0.1) is 0 Å². The van der Waals surface area contributed by atoms with E-state index in [0.29, 0.717) is 6.42 Å². The van der Waals surface area contributed by atoms with Crippen molar-refractivity contribution in [3.8, 4) is 0 Å². The molecule has 104 valence electrons. The third-order valence-electron chi connectivity index (χ3n) is 3.31. The number of hydrogen-bond donors (Lipinski definition) is 2. The molecule has 0 aliphatic rings. The molecule has 1 aromatic carbocycles. The van der Waals surface area contributed by atoms with E-state index in [2.05, 4.69) is 5.32 Å². The number of aliphatic carboxylic acids is 1. The van der Waals surface area contributed by atoms with Gasteiger partial charge in [0.25, 0.3) is 0 Å². The highest BCUT2D eigenvalue weighted by atomic mass is 16.4. The molecular formula is C15H21NO3. The lowest BCUT2D eigenvalue weighted by Gasteiger charge is -2.21. The highest BCUT2D eigenvalue weighted by Gasteiger charge is 2.25. The van der Waals surface area contributed by atoms with E-state index < -0.39 is 11.4 Å². The minimum atomic E-state index is -0.818. The van der Waals surface area contributed by atoms with E-state index in [1.54, 1.807) is 0 Å². The fraction of sp³-hybridized carbons (Fsp3) is 0.467. The molecular weight excluding hydrogens is 242 g/mol. The average molecular weight is 263 g/mol. The standard InChI is InChI=1S/C15H21NO3/c1-4-15(2,3)14(19)16-12-7-5-6-11(10-12)8-9-13(17)18/h5-7,10H,4,8-9H2,1-3H3,(H,16,19)(H,17,18). The summed E-state index contributed by atoms with van der Waals surface area (Å²) >= 11 is 0. The molecule has 0 fully saturated rings. The van der Waals surface area contributed by atoms with Gasteiger partial charge in [0.2, 0.25) is 5.91 Å². The fourth-order valence-corrected chi connectivity index (χ4v) is 1.52. The highest BCUT2D eigenvalue weighted by molar-refractivity contribution is 5.94. The molecule has 2 N–H and O–H groups in total. The monoisotopic (exact) mass is 263 g/mol. The van der Waals surface area contributed by atoms with E-state index in [0.717, 1.165) is 17.7 Å². The van der Waals surface area contributed by atoms with E-state index in [4.69, 9.17) is 5.11 Å². The van der Waals surface area contributed by atoms with Gasteiger partial charge in [0, 0.05) is 17.5 Å². The first-order chi connectivity index (χ1) is 8.85. The minimum absolute atomic E-state index is 0.0228. The summed E-state index contributed by atoms with van der Waals surface area (Å²) in [6.45, 7) is 5.77. The van der Waals surface area contributed by atoms with Gasteiger partial charge in [-0.05, 0) is 30.5 Å². The van der Waals surface area contributed by atoms with Crippen molar-refractivity contribution in [2.45, 2.75) is 40.0 Å². The summed E-state index contributed by atoms with van der Waals surface area (Å²) in [5.41, 5.74) is 1.22.